The number of halogens is 2. The van der Waals surface area contributed by atoms with E-state index in [9.17, 15) is 19.1 Å². The van der Waals surface area contributed by atoms with E-state index in [0.29, 0.717) is 52.1 Å². The first-order chi connectivity index (χ1) is 19.8. The molecular weight excluding hydrogens is 553 g/mol. The average molecular weight is 584 g/mol. The summed E-state index contributed by atoms with van der Waals surface area (Å²) in [7, 11) is 1.36. The Labute approximate surface area is 241 Å². The van der Waals surface area contributed by atoms with Gasteiger partial charge < -0.3 is 30.1 Å². The zero-order valence-electron chi connectivity index (χ0n) is 22.7. The van der Waals surface area contributed by atoms with Crippen LogP contribution in [-0.2, 0) is 16.1 Å². The molecule has 10 nitrogen and oxygen atoms in total. The van der Waals surface area contributed by atoms with Gasteiger partial charge in [0, 0.05) is 36.9 Å². The van der Waals surface area contributed by atoms with Gasteiger partial charge in [0.25, 0.3) is 5.91 Å². The van der Waals surface area contributed by atoms with Gasteiger partial charge in [0.2, 0.25) is 11.9 Å². The van der Waals surface area contributed by atoms with Crippen molar-refractivity contribution in [1.29, 1.82) is 0 Å². The molecule has 3 heterocycles. The third kappa shape index (κ3) is 6.12. The van der Waals surface area contributed by atoms with Gasteiger partial charge in [0.15, 0.2) is 11.6 Å². The number of carbonyl (C=O) groups is 2. The average Bonchev–Trinajstić information content (AvgIpc) is 3.30. The zero-order chi connectivity index (χ0) is 29.1. The van der Waals surface area contributed by atoms with Gasteiger partial charge in [-0.25, -0.2) is 14.4 Å². The van der Waals surface area contributed by atoms with Crippen molar-refractivity contribution in [3.8, 4) is 17.0 Å². The minimum atomic E-state index is -1.12. The van der Waals surface area contributed by atoms with Crippen molar-refractivity contribution >= 4 is 29.4 Å². The molecule has 2 aliphatic heterocycles. The summed E-state index contributed by atoms with van der Waals surface area (Å²) in [5.41, 5.74) is 2.84. The molecule has 2 aromatic carbocycles. The van der Waals surface area contributed by atoms with Crippen molar-refractivity contribution in [2.24, 2.45) is 0 Å². The Kier molecular flexibility index (Phi) is 8.67. The van der Waals surface area contributed by atoms with E-state index in [1.165, 1.54) is 36.4 Å². The summed E-state index contributed by atoms with van der Waals surface area (Å²) in [6.45, 7) is 2.65. The summed E-state index contributed by atoms with van der Waals surface area (Å²) in [6.07, 6.45) is 3.22. The lowest BCUT2D eigenvalue weighted by Crippen LogP contribution is -2.49. The molecule has 3 aromatic rings. The normalized spacial score (nSPS) is 16.7. The molecule has 2 amide bonds. The maximum absolute atomic E-state index is 13.8. The summed E-state index contributed by atoms with van der Waals surface area (Å²) in [4.78, 5) is 36.9. The molecule has 0 aliphatic carbocycles. The first-order valence-corrected chi connectivity index (χ1v) is 13.7. The largest absolute Gasteiger partial charge is 0.494 e. The lowest BCUT2D eigenvalue weighted by molar-refractivity contribution is -0.127. The second-order valence-electron chi connectivity index (χ2n) is 10.0. The number of anilines is 1. The molecule has 1 saturated heterocycles. The molecule has 216 valence electrons. The highest BCUT2D eigenvalue weighted by Crippen LogP contribution is 2.33. The van der Waals surface area contributed by atoms with Gasteiger partial charge in [-0.2, -0.15) is 0 Å². The van der Waals surface area contributed by atoms with Gasteiger partial charge in [-0.3, -0.25) is 9.59 Å². The number of rotatable bonds is 9. The van der Waals surface area contributed by atoms with Crippen LogP contribution in [0.1, 0.15) is 47.3 Å². The van der Waals surface area contributed by atoms with E-state index in [0.717, 1.165) is 12.8 Å². The highest BCUT2D eigenvalue weighted by molar-refractivity contribution is 6.33. The van der Waals surface area contributed by atoms with Crippen molar-refractivity contribution in [2.75, 3.05) is 32.2 Å². The number of fused-ring (bicyclic) bond motifs is 1. The van der Waals surface area contributed by atoms with Crippen molar-refractivity contribution in [3.05, 3.63) is 70.1 Å². The molecular formula is C29H31ClFN5O5. The van der Waals surface area contributed by atoms with E-state index in [1.54, 1.807) is 19.1 Å². The standard InChI is InChI=1S/C29H31ClFN5O5/c1-16(17-5-6-23(31)25(12-17)40-2)33-27(38)24(15-37)36-14-19-4-3-18(11-21(19)28(36)39)26-22(30)13-32-29(35-26)34-20-7-9-41-10-8-20/h3-6,11-13,16,20,24,37H,7-10,14-15H2,1-2H3,(H,33,38)(H,32,34,35). The smallest absolute Gasteiger partial charge is 0.255 e. The summed E-state index contributed by atoms with van der Waals surface area (Å²) >= 11 is 6.45. The Bertz CT molecular complexity index is 1450. The predicted octanol–water partition coefficient (Wildman–Crippen LogP) is 3.73. The second kappa shape index (κ2) is 12.4. The molecule has 3 N–H and O–H groups in total. The first kappa shape index (κ1) is 28.7. The van der Waals surface area contributed by atoms with Crippen molar-refractivity contribution in [2.45, 2.75) is 44.4 Å². The van der Waals surface area contributed by atoms with E-state index in [2.05, 4.69) is 20.6 Å². The first-order valence-electron chi connectivity index (χ1n) is 13.3. The van der Waals surface area contributed by atoms with Crippen LogP contribution < -0.4 is 15.4 Å². The fourth-order valence-corrected chi connectivity index (χ4v) is 5.25. The minimum Gasteiger partial charge on any atom is -0.494 e. The highest BCUT2D eigenvalue weighted by atomic mass is 35.5. The monoisotopic (exact) mass is 583 g/mol. The Hall–Kier alpha value is -3.80. The number of hydrogen-bond donors (Lipinski definition) is 3. The molecule has 41 heavy (non-hydrogen) atoms. The molecule has 1 fully saturated rings. The fraction of sp³-hybridized carbons (Fsp3) is 0.379. The van der Waals surface area contributed by atoms with Gasteiger partial charge >= 0.3 is 0 Å². The van der Waals surface area contributed by atoms with Gasteiger partial charge in [-0.05, 0) is 49.1 Å². The third-order valence-corrected chi connectivity index (χ3v) is 7.68. The number of aliphatic hydroxyl groups is 1. The van der Waals surface area contributed by atoms with Gasteiger partial charge in [0.1, 0.15) is 6.04 Å². The third-order valence-electron chi connectivity index (χ3n) is 7.40. The molecule has 0 saturated carbocycles. The molecule has 1 aromatic heterocycles. The Balaban J connectivity index is 1.32. The van der Waals surface area contributed by atoms with Gasteiger partial charge in [0.05, 0.1) is 36.7 Å². The number of ether oxygens (including phenoxy) is 2. The number of methoxy groups -OCH3 is 1. The quantitative estimate of drug-likeness (QED) is 0.348. The summed E-state index contributed by atoms with van der Waals surface area (Å²) in [6, 6.07) is 8.15. The summed E-state index contributed by atoms with van der Waals surface area (Å²) in [5.74, 6) is -0.948. The number of aliphatic hydroxyl groups excluding tert-OH is 1. The van der Waals surface area contributed by atoms with Crippen LogP contribution >= 0.6 is 11.6 Å². The van der Waals surface area contributed by atoms with Gasteiger partial charge in [-0.1, -0.05) is 29.8 Å². The number of aromatic nitrogens is 2. The van der Waals surface area contributed by atoms with E-state index in [1.807, 2.05) is 6.07 Å². The molecule has 2 unspecified atom stereocenters. The molecule has 5 rings (SSSR count). The molecule has 0 spiro atoms. The number of nitrogens with zero attached hydrogens (tertiary/aromatic N) is 3. The van der Waals surface area contributed by atoms with Crippen LogP contribution in [0.4, 0.5) is 10.3 Å². The molecule has 0 radical (unpaired) electrons. The predicted molar refractivity (Wildman–Crippen MR) is 150 cm³/mol. The maximum Gasteiger partial charge on any atom is 0.255 e. The van der Waals surface area contributed by atoms with Crippen LogP contribution in [-0.4, -0.2) is 70.8 Å². The number of hydrogen-bond acceptors (Lipinski definition) is 8. The molecule has 0 bridgehead atoms. The SMILES string of the molecule is COc1cc(C(C)NC(=O)C(CO)N2Cc3ccc(-c4nc(NC5CCOCC5)ncc4Cl)cc3C2=O)ccc1F. The van der Waals surface area contributed by atoms with Crippen molar-refractivity contribution < 1.29 is 28.6 Å². The Morgan fingerprint density at radius 3 is 2.78 bits per heavy atom. The van der Waals surface area contributed by atoms with Crippen LogP contribution in [0.5, 0.6) is 5.75 Å². The van der Waals surface area contributed by atoms with Crippen LogP contribution in [0.15, 0.2) is 42.6 Å². The molecule has 2 aliphatic rings. The topological polar surface area (TPSA) is 126 Å². The summed E-state index contributed by atoms with van der Waals surface area (Å²) in [5, 5.41) is 16.6. The minimum absolute atomic E-state index is 0.0542. The lowest BCUT2D eigenvalue weighted by Gasteiger charge is -2.27. The van der Waals surface area contributed by atoms with Gasteiger partial charge in [-0.15, -0.1) is 0 Å². The van der Waals surface area contributed by atoms with E-state index >= 15 is 0 Å². The van der Waals surface area contributed by atoms with Crippen molar-refractivity contribution in [1.82, 2.24) is 20.2 Å². The van der Waals surface area contributed by atoms with E-state index in [4.69, 9.17) is 21.1 Å². The highest BCUT2D eigenvalue weighted by Gasteiger charge is 2.37. The summed E-state index contributed by atoms with van der Waals surface area (Å²) < 4.78 is 24.3. The Morgan fingerprint density at radius 1 is 1.27 bits per heavy atom. The van der Waals surface area contributed by atoms with Crippen LogP contribution in [0, 0.1) is 5.82 Å². The number of nitrogens with one attached hydrogen (secondary N) is 2. The fourth-order valence-electron chi connectivity index (χ4n) is 5.05. The second-order valence-corrected chi connectivity index (χ2v) is 10.5. The van der Waals surface area contributed by atoms with Crippen molar-refractivity contribution in [3.63, 3.8) is 0 Å². The van der Waals surface area contributed by atoms with Crippen LogP contribution in [0.25, 0.3) is 11.3 Å². The maximum atomic E-state index is 13.8. The number of benzene rings is 2. The Morgan fingerprint density at radius 2 is 2.05 bits per heavy atom. The number of carbonyl (C=O) groups excluding carboxylic acids is 2. The van der Waals surface area contributed by atoms with E-state index < -0.39 is 36.3 Å². The zero-order valence-corrected chi connectivity index (χ0v) is 23.4. The van der Waals surface area contributed by atoms with Crippen LogP contribution in [0.2, 0.25) is 5.02 Å². The van der Waals surface area contributed by atoms with Crippen LogP contribution in [0.3, 0.4) is 0 Å². The molecule has 12 heteroatoms. The van der Waals surface area contributed by atoms with E-state index in [-0.39, 0.29) is 18.3 Å². The molecule has 2 atom stereocenters. The lowest BCUT2D eigenvalue weighted by atomic mass is 10.0. The number of amides is 2.